The van der Waals surface area contributed by atoms with Crippen molar-refractivity contribution in [2.24, 2.45) is 5.92 Å². The summed E-state index contributed by atoms with van der Waals surface area (Å²) in [7, 11) is 0. The van der Waals surface area contributed by atoms with E-state index in [1.165, 1.54) is 12.8 Å². The Morgan fingerprint density at radius 1 is 1.69 bits per heavy atom. The molecule has 1 saturated carbocycles. The Hall–Kier alpha value is -0.830. The number of aromatic nitrogens is 2. The van der Waals surface area contributed by atoms with Crippen molar-refractivity contribution in [1.82, 2.24) is 15.3 Å². The van der Waals surface area contributed by atoms with Gasteiger partial charge >= 0.3 is 0 Å². The van der Waals surface area contributed by atoms with Gasteiger partial charge in [-0.15, -0.1) is 0 Å². The Bertz CT molecular complexity index is 239. The lowest BCUT2D eigenvalue weighted by atomic mass is 10.2. The minimum absolute atomic E-state index is 0.413. The molecule has 2 N–H and O–H groups in total. The number of imidazole rings is 1. The van der Waals surface area contributed by atoms with Gasteiger partial charge in [-0.05, 0) is 31.7 Å². The third-order valence-corrected chi connectivity index (χ3v) is 2.61. The summed E-state index contributed by atoms with van der Waals surface area (Å²) in [6.07, 6.45) is 7.61. The largest absolute Gasteiger partial charge is 0.347 e. The van der Waals surface area contributed by atoms with Crippen LogP contribution in [0.4, 0.5) is 0 Å². The Morgan fingerprint density at radius 2 is 2.54 bits per heavy atom. The van der Waals surface area contributed by atoms with Gasteiger partial charge in [0.2, 0.25) is 0 Å². The van der Waals surface area contributed by atoms with Crippen LogP contribution in [-0.2, 0) is 0 Å². The number of hydrogen-bond acceptors (Lipinski definition) is 2. The highest BCUT2D eigenvalue weighted by atomic mass is 15.0. The van der Waals surface area contributed by atoms with Gasteiger partial charge in [0.05, 0.1) is 6.04 Å². The molecule has 1 aliphatic rings. The highest BCUT2D eigenvalue weighted by molar-refractivity contribution is 4.95. The minimum Gasteiger partial charge on any atom is -0.347 e. The molecule has 0 bridgehead atoms. The van der Waals surface area contributed by atoms with Gasteiger partial charge in [-0.25, -0.2) is 4.98 Å². The lowest BCUT2D eigenvalue weighted by molar-refractivity contribution is 0.484. The maximum atomic E-state index is 4.27. The second kappa shape index (κ2) is 3.92. The molecular weight excluding hydrogens is 162 g/mol. The predicted octanol–water partition coefficient (Wildman–Crippen LogP) is 1.86. The lowest BCUT2D eigenvalue weighted by Gasteiger charge is -2.13. The first kappa shape index (κ1) is 8.75. The van der Waals surface area contributed by atoms with Crippen LogP contribution in [0, 0.1) is 5.92 Å². The van der Waals surface area contributed by atoms with Crippen molar-refractivity contribution in [3.63, 3.8) is 0 Å². The molecular formula is C10H17N3. The number of hydrogen-bond donors (Lipinski definition) is 2. The molecule has 0 aliphatic heterocycles. The van der Waals surface area contributed by atoms with E-state index in [-0.39, 0.29) is 0 Å². The molecule has 1 aliphatic carbocycles. The first-order valence-corrected chi connectivity index (χ1v) is 5.12. The molecule has 1 aromatic rings. The summed E-state index contributed by atoms with van der Waals surface area (Å²) in [6.45, 7) is 3.34. The Kier molecular flexibility index (Phi) is 2.64. The molecule has 3 heteroatoms. The molecule has 72 valence electrons. The summed E-state index contributed by atoms with van der Waals surface area (Å²) in [4.78, 5) is 7.43. The molecule has 0 amide bonds. The molecule has 13 heavy (non-hydrogen) atoms. The smallest absolute Gasteiger partial charge is 0.123 e. The lowest BCUT2D eigenvalue weighted by Crippen LogP contribution is -2.23. The Morgan fingerprint density at radius 3 is 3.08 bits per heavy atom. The van der Waals surface area contributed by atoms with Crippen molar-refractivity contribution < 1.29 is 0 Å². The van der Waals surface area contributed by atoms with Gasteiger partial charge in [-0.2, -0.15) is 0 Å². The van der Waals surface area contributed by atoms with E-state index in [9.17, 15) is 0 Å². The van der Waals surface area contributed by atoms with Gasteiger partial charge in [0, 0.05) is 12.4 Å². The fourth-order valence-corrected chi connectivity index (χ4v) is 1.53. The zero-order valence-corrected chi connectivity index (χ0v) is 8.09. The summed E-state index contributed by atoms with van der Waals surface area (Å²) < 4.78 is 0. The van der Waals surface area contributed by atoms with E-state index in [4.69, 9.17) is 0 Å². The van der Waals surface area contributed by atoms with Gasteiger partial charge in [0.15, 0.2) is 0 Å². The van der Waals surface area contributed by atoms with E-state index in [0.717, 1.165) is 24.7 Å². The molecule has 1 unspecified atom stereocenters. The number of H-pyrrole nitrogens is 1. The summed E-state index contributed by atoms with van der Waals surface area (Å²) in [5.41, 5.74) is 0. The van der Waals surface area contributed by atoms with Crippen LogP contribution in [0.25, 0.3) is 0 Å². The van der Waals surface area contributed by atoms with Crippen molar-refractivity contribution >= 4 is 0 Å². The highest BCUT2D eigenvalue weighted by Crippen LogP contribution is 2.28. The molecule has 0 spiro atoms. The van der Waals surface area contributed by atoms with Crippen LogP contribution in [0.5, 0.6) is 0 Å². The van der Waals surface area contributed by atoms with E-state index >= 15 is 0 Å². The van der Waals surface area contributed by atoms with Gasteiger partial charge in [0.1, 0.15) is 5.82 Å². The molecule has 1 aromatic heterocycles. The van der Waals surface area contributed by atoms with Crippen LogP contribution >= 0.6 is 0 Å². The van der Waals surface area contributed by atoms with Gasteiger partial charge in [0.25, 0.3) is 0 Å². The first-order chi connectivity index (χ1) is 6.40. The van der Waals surface area contributed by atoms with E-state index in [1.54, 1.807) is 0 Å². The van der Waals surface area contributed by atoms with Gasteiger partial charge < -0.3 is 10.3 Å². The highest BCUT2D eigenvalue weighted by Gasteiger charge is 2.22. The maximum absolute atomic E-state index is 4.27. The zero-order chi connectivity index (χ0) is 9.10. The Balaban J connectivity index is 1.85. The summed E-state index contributed by atoms with van der Waals surface area (Å²) >= 11 is 0. The van der Waals surface area contributed by atoms with Crippen molar-refractivity contribution in [3.8, 4) is 0 Å². The summed E-state index contributed by atoms with van der Waals surface area (Å²) in [6, 6.07) is 0.413. The number of nitrogens with zero attached hydrogens (tertiary/aromatic N) is 1. The SMILES string of the molecule is CCC(NCC1CC1)c1ncc[nH]1. The van der Waals surface area contributed by atoms with E-state index in [0.29, 0.717) is 6.04 Å². The van der Waals surface area contributed by atoms with E-state index < -0.39 is 0 Å². The fraction of sp³-hybridized carbons (Fsp3) is 0.700. The standard InChI is InChI=1S/C10H17N3/c1-2-9(10-11-5-6-12-10)13-7-8-3-4-8/h5-6,8-9,13H,2-4,7H2,1H3,(H,11,12). The van der Waals surface area contributed by atoms with Crippen LogP contribution in [-0.4, -0.2) is 16.5 Å². The van der Waals surface area contributed by atoms with E-state index in [1.807, 2.05) is 12.4 Å². The normalized spacial score (nSPS) is 18.8. The minimum atomic E-state index is 0.413. The summed E-state index contributed by atoms with van der Waals surface area (Å²) in [5.74, 6) is 2.01. The van der Waals surface area contributed by atoms with Crippen LogP contribution in [0.2, 0.25) is 0 Å². The first-order valence-electron chi connectivity index (χ1n) is 5.12. The number of rotatable bonds is 5. The van der Waals surface area contributed by atoms with Crippen LogP contribution in [0.1, 0.15) is 38.1 Å². The van der Waals surface area contributed by atoms with Gasteiger partial charge in [-0.1, -0.05) is 6.92 Å². The number of aromatic amines is 1. The van der Waals surface area contributed by atoms with Gasteiger partial charge in [-0.3, -0.25) is 0 Å². The average Bonchev–Trinajstić information content (AvgIpc) is 2.81. The van der Waals surface area contributed by atoms with Crippen molar-refractivity contribution in [2.75, 3.05) is 6.54 Å². The quantitative estimate of drug-likeness (QED) is 0.724. The van der Waals surface area contributed by atoms with Crippen LogP contribution in [0.15, 0.2) is 12.4 Å². The van der Waals surface area contributed by atoms with Crippen LogP contribution in [0.3, 0.4) is 0 Å². The molecule has 0 saturated heterocycles. The second-order valence-corrected chi connectivity index (χ2v) is 3.79. The predicted molar refractivity (Wildman–Crippen MR) is 52.3 cm³/mol. The fourth-order valence-electron chi connectivity index (χ4n) is 1.53. The topological polar surface area (TPSA) is 40.7 Å². The molecule has 2 rings (SSSR count). The third-order valence-electron chi connectivity index (χ3n) is 2.61. The van der Waals surface area contributed by atoms with Crippen molar-refractivity contribution in [1.29, 1.82) is 0 Å². The molecule has 1 heterocycles. The second-order valence-electron chi connectivity index (χ2n) is 3.79. The molecule has 3 nitrogen and oxygen atoms in total. The molecule has 1 fully saturated rings. The van der Waals surface area contributed by atoms with Crippen molar-refractivity contribution in [3.05, 3.63) is 18.2 Å². The maximum Gasteiger partial charge on any atom is 0.123 e. The molecule has 0 aromatic carbocycles. The monoisotopic (exact) mass is 179 g/mol. The van der Waals surface area contributed by atoms with Crippen molar-refractivity contribution in [2.45, 2.75) is 32.2 Å². The molecule has 0 radical (unpaired) electrons. The van der Waals surface area contributed by atoms with E-state index in [2.05, 4.69) is 22.2 Å². The number of nitrogens with one attached hydrogen (secondary N) is 2. The summed E-state index contributed by atoms with van der Waals surface area (Å²) in [5, 5.41) is 3.54. The molecule has 1 atom stereocenters. The Labute approximate surface area is 79.0 Å². The third kappa shape index (κ3) is 2.31. The zero-order valence-electron chi connectivity index (χ0n) is 8.09. The van der Waals surface area contributed by atoms with Crippen LogP contribution < -0.4 is 5.32 Å². The average molecular weight is 179 g/mol.